The highest BCUT2D eigenvalue weighted by molar-refractivity contribution is 7.90. The monoisotopic (exact) mass is 516 g/mol. The van der Waals surface area contributed by atoms with Crippen molar-refractivity contribution in [3.8, 4) is 5.75 Å². The molecule has 0 spiro atoms. The number of hydrogen-bond acceptors (Lipinski definition) is 6. The zero-order valence-electron chi connectivity index (χ0n) is 19.2. The van der Waals surface area contributed by atoms with E-state index in [2.05, 4.69) is 0 Å². The molecule has 1 aliphatic heterocycles. The second-order valence-corrected chi connectivity index (χ2v) is 10.2. The number of Topliss-reactive ketones (excluding diaryl/α,β-unsaturated/α-hetero) is 1. The van der Waals surface area contributed by atoms with E-state index in [0.29, 0.717) is 0 Å². The zero-order chi connectivity index (χ0) is 26.1. The molecule has 12 heteroatoms. The van der Waals surface area contributed by atoms with Gasteiger partial charge in [-0.3, -0.25) is 9.59 Å². The van der Waals surface area contributed by atoms with E-state index in [-0.39, 0.29) is 59.4 Å². The van der Waals surface area contributed by atoms with Gasteiger partial charge in [0.2, 0.25) is 0 Å². The van der Waals surface area contributed by atoms with Gasteiger partial charge in [0.25, 0.3) is 5.91 Å². The molecule has 1 atom stereocenters. The Morgan fingerprint density at radius 2 is 1.66 bits per heavy atom. The molecule has 1 saturated heterocycles. The number of halogens is 4. The van der Waals surface area contributed by atoms with Gasteiger partial charge >= 0.3 is 6.18 Å². The van der Waals surface area contributed by atoms with Crippen LogP contribution in [0.15, 0.2) is 41.3 Å². The molecule has 3 rings (SSSR count). The third-order valence-electron chi connectivity index (χ3n) is 5.64. The molecule has 0 aromatic heterocycles. The molecule has 0 bridgehead atoms. The number of sulfone groups is 1. The minimum atomic E-state index is -4.69. The smallest absolute Gasteiger partial charge is 0.425 e. The maximum atomic E-state index is 14.5. The Morgan fingerprint density at radius 1 is 1.03 bits per heavy atom. The Labute approximate surface area is 200 Å². The molecule has 1 heterocycles. The second-order valence-electron chi connectivity index (χ2n) is 8.23. The van der Waals surface area contributed by atoms with E-state index in [9.17, 15) is 35.6 Å². The Hall–Kier alpha value is -3.15. The van der Waals surface area contributed by atoms with Crippen LogP contribution in [0.5, 0.6) is 5.75 Å². The predicted octanol–water partition coefficient (Wildman–Crippen LogP) is 3.72. The van der Waals surface area contributed by atoms with E-state index in [0.717, 1.165) is 37.4 Å². The van der Waals surface area contributed by atoms with Crippen molar-refractivity contribution in [2.75, 3.05) is 37.3 Å². The number of alkyl halides is 3. The number of carbonyl (C=O) groups excluding carboxylic acids is 2. The molecule has 0 N–H and O–H groups in total. The van der Waals surface area contributed by atoms with Gasteiger partial charge in [-0.05, 0) is 50.2 Å². The van der Waals surface area contributed by atoms with Gasteiger partial charge in [-0.1, -0.05) is 0 Å². The van der Waals surface area contributed by atoms with E-state index in [1.807, 2.05) is 0 Å². The van der Waals surface area contributed by atoms with Crippen LogP contribution < -0.4 is 9.64 Å². The number of ketones is 1. The highest BCUT2D eigenvalue weighted by atomic mass is 32.2. The average Bonchev–Trinajstić information content (AvgIpc) is 2.77. The van der Waals surface area contributed by atoms with E-state index >= 15 is 0 Å². The lowest BCUT2D eigenvalue weighted by molar-refractivity contribution is -0.189. The van der Waals surface area contributed by atoms with Gasteiger partial charge in [0, 0.05) is 38.0 Å². The summed E-state index contributed by atoms with van der Waals surface area (Å²) in [5, 5.41) is 0. The normalized spacial score (nSPS) is 15.6. The van der Waals surface area contributed by atoms with Gasteiger partial charge in [0.05, 0.1) is 16.1 Å². The number of amides is 1. The summed E-state index contributed by atoms with van der Waals surface area (Å²) < 4.78 is 82.5. The van der Waals surface area contributed by atoms with Gasteiger partial charge in [-0.15, -0.1) is 0 Å². The van der Waals surface area contributed by atoms with Crippen LogP contribution in [0.1, 0.15) is 34.6 Å². The molecule has 2 aromatic rings. The number of rotatable bonds is 6. The van der Waals surface area contributed by atoms with Crippen molar-refractivity contribution < 1.29 is 40.3 Å². The number of nitrogens with zero attached hydrogens (tertiary/aromatic N) is 2. The number of ether oxygens (including phenoxy) is 1. The van der Waals surface area contributed by atoms with Crippen LogP contribution in [0.4, 0.5) is 23.2 Å². The third kappa shape index (κ3) is 6.11. The summed E-state index contributed by atoms with van der Waals surface area (Å²) in [4.78, 5) is 27.4. The fourth-order valence-electron chi connectivity index (χ4n) is 3.57. The van der Waals surface area contributed by atoms with Gasteiger partial charge in [-0.25, -0.2) is 12.8 Å². The van der Waals surface area contributed by atoms with E-state index < -0.39 is 33.8 Å². The third-order valence-corrected chi connectivity index (χ3v) is 6.75. The molecule has 2 aromatic carbocycles. The fourth-order valence-corrected chi connectivity index (χ4v) is 4.22. The minimum absolute atomic E-state index is 0.101. The number of hydrogen-bond donors (Lipinski definition) is 0. The van der Waals surface area contributed by atoms with E-state index in [1.165, 1.54) is 24.0 Å². The van der Waals surface area contributed by atoms with Crippen LogP contribution in [0.3, 0.4) is 0 Å². The first-order valence-corrected chi connectivity index (χ1v) is 12.5. The van der Waals surface area contributed by atoms with Crippen molar-refractivity contribution in [3.63, 3.8) is 0 Å². The zero-order valence-corrected chi connectivity index (χ0v) is 20.0. The van der Waals surface area contributed by atoms with Crippen LogP contribution in [0, 0.1) is 5.82 Å². The average molecular weight is 517 g/mol. The topological polar surface area (TPSA) is 84.0 Å². The maximum Gasteiger partial charge on any atom is 0.425 e. The fraction of sp³-hybridized carbons (Fsp3) is 0.391. The van der Waals surface area contributed by atoms with Gasteiger partial charge < -0.3 is 14.5 Å². The highest BCUT2D eigenvalue weighted by Gasteiger charge is 2.39. The Bertz CT molecular complexity index is 1240. The van der Waals surface area contributed by atoms with Crippen molar-refractivity contribution in [1.29, 1.82) is 0 Å². The molecule has 190 valence electrons. The van der Waals surface area contributed by atoms with Crippen molar-refractivity contribution in [1.82, 2.24) is 4.90 Å². The summed E-state index contributed by atoms with van der Waals surface area (Å²) in [7, 11) is -3.74. The second kappa shape index (κ2) is 9.84. The quantitative estimate of drug-likeness (QED) is 0.430. The van der Waals surface area contributed by atoms with Crippen LogP contribution in [0.2, 0.25) is 0 Å². The number of benzene rings is 2. The van der Waals surface area contributed by atoms with E-state index in [1.54, 1.807) is 4.90 Å². The van der Waals surface area contributed by atoms with Gasteiger partial charge in [0.15, 0.2) is 21.7 Å². The summed E-state index contributed by atoms with van der Waals surface area (Å²) in [6, 6.07) is 7.23. The summed E-state index contributed by atoms with van der Waals surface area (Å²) in [5.74, 6) is -1.96. The first-order chi connectivity index (χ1) is 16.2. The highest BCUT2D eigenvalue weighted by Crippen LogP contribution is 2.30. The summed E-state index contributed by atoms with van der Waals surface area (Å²) >= 11 is 0. The van der Waals surface area contributed by atoms with Gasteiger partial charge in [0.1, 0.15) is 11.6 Å². The van der Waals surface area contributed by atoms with Crippen molar-refractivity contribution >= 4 is 27.2 Å². The Morgan fingerprint density at radius 3 is 2.17 bits per heavy atom. The molecule has 0 radical (unpaired) electrons. The van der Waals surface area contributed by atoms with Crippen LogP contribution in [-0.2, 0) is 9.84 Å². The van der Waals surface area contributed by atoms with Crippen LogP contribution >= 0.6 is 0 Å². The van der Waals surface area contributed by atoms with Crippen molar-refractivity contribution in [2.24, 2.45) is 0 Å². The predicted molar refractivity (Wildman–Crippen MR) is 120 cm³/mol. The number of piperazine rings is 1. The van der Waals surface area contributed by atoms with Crippen LogP contribution in [-0.4, -0.2) is 69.7 Å². The molecule has 0 aliphatic carbocycles. The lowest BCUT2D eigenvalue weighted by Crippen LogP contribution is -2.49. The number of anilines is 1. The Kier molecular flexibility index (Phi) is 7.44. The summed E-state index contributed by atoms with van der Waals surface area (Å²) in [5.41, 5.74) is 0.171. The maximum absolute atomic E-state index is 14.5. The first kappa shape index (κ1) is 26.5. The Balaban J connectivity index is 1.83. The van der Waals surface area contributed by atoms with Crippen LogP contribution in [0.25, 0.3) is 0 Å². The molecule has 35 heavy (non-hydrogen) atoms. The first-order valence-electron chi connectivity index (χ1n) is 10.6. The molecule has 7 nitrogen and oxygen atoms in total. The molecular weight excluding hydrogens is 492 g/mol. The number of carbonyl (C=O) groups is 2. The minimum Gasteiger partial charge on any atom is -0.480 e. The molecule has 1 unspecified atom stereocenters. The van der Waals surface area contributed by atoms with Gasteiger partial charge in [-0.2, -0.15) is 13.2 Å². The largest absolute Gasteiger partial charge is 0.480 e. The van der Waals surface area contributed by atoms with Crippen molar-refractivity contribution in [3.05, 3.63) is 53.3 Å². The molecule has 1 amide bonds. The summed E-state index contributed by atoms with van der Waals surface area (Å²) in [6.45, 7) is 2.73. The molecule has 1 fully saturated rings. The lowest BCUT2D eigenvalue weighted by atomic mass is 10.1. The molecule has 0 saturated carbocycles. The molecular formula is C23H24F4N2O5S. The van der Waals surface area contributed by atoms with E-state index in [4.69, 9.17) is 4.74 Å². The standard InChI is InChI=1S/C23H24F4N2O5S/c1-14(30)16-4-6-20(19(24)12-16)28-8-10-29(11-9-28)22(31)18-13-17(35(3,32)33)5-7-21(18)34-15(2)23(25,26)27/h4-7,12-13,15H,8-11H2,1-3H3. The SMILES string of the molecule is CC(=O)c1ccc(N2CCN(C(=O)c3cc(S(C)(=O)=O)ccc3OC(C)C(F)(F)F)CC2)c(F)c1. The summed E-state index contributed by atoms with van der Waals surface area (Å²) in [6.07, 6.45) is -6.00. The van der Waals surface area contributed by atoms with Crippen molar-refractivity contribution in [2.45, 2.75) is 31.0 Å². The molecule has 1 aliphatic rings. The lowest BCUT2D eigenvalue weighted by Gasteiger charge is -2.36.